The molecular weight excluding hydrogens is 166 g/mol. The summed E-state index contributed by atoms with van der Waals surface area (Å²) in [5.41, 5.74) is 0.681. The predicted octanol–water partition coefficient (Wildman–Crippen LogP) is 2.25. The molecule has 0 amide bonds. The Morgan fingerprint density at radius 1 is 1.69 bits per heavy atom. The van der Waals surface area contributed by atoms with Gasteiger partial charge >= 0.3 is 0 Å². The highest BCUT2D eigenvalue weighted by atomic mass is 16.3. The molecule has 0 saturated carbocycles. The highest BCUT2D eigenvalue weighted by Crippen LogP contribution is 2.25. The van der Waals surface area contributed by atoms with Gasteiger partial charge in [-0.25, -0.2) is 0 Å². The third kappa shape index (κ3) is 2.33. The van der Waals surface area contributed by atoms with Gasteiger partial charge in [0, 0.05) is 5.56 Å². The van der Waals surface area contributed by atoms with E-state index in [0.717, 1.165) is 6.42 Å². The number of aliphatic hydroxyl groups is 1. The van der Waals surface area contributed by atoms with Crippen LogP contribution in [0.2, 0.25) is 0 Å². The van der Waals surface area contributed by atoms with Crippen LogP contribution in [-0.2, 0) is 0 Å². The van der Waals surface area contributed by atoms with Gasteiger partial charge in [0.15, 0.2) is 0 Å². The van der Waals surface area contributed by atoms with Crippen molar-refractivity contribution in [2.75, 3.05) is 0 Å². The Bertz CT molecular complexity index is 274. The van der Waals surface area contributed by atoms with Gasteiger partial charge in [0.2, 0.25) is 0 Å². The first-order valence-electron chi connectivity index (χ1n) is 4.39. The van der Waals surface area contributed by atoms with E-state index in [2.05, 4.69) is 6.07 Å². The van der Waals surface area contributed by atoms with E-state index in [-0.39, 0.29) is 5.92 Å². The Kier molecular flexibility index (Phi) is 3.53. The zero-order chi connectivity index (χ0) is 9.68. The van der Waals surface area contributed by atoms with Gasteiger partial charge in [0.25, 0.3) is 0 Å². The molecule has 0 bridgehead atoms. The van der Waals surface area contributed by atoms with Crippen molar-refractivity contribution in [2.45, 2.75) is 25.9 Å². The van der Waals surface area contributed by atoms with E-state index >= 15 is 0 Å². The lowest BCUT2D eigenvalue weighted by atomic mass is 9.95. The molecule has 1 heterocycles. The van der Waals surface area contributed by atoms with Gasteiger partial charge in [-0.15, -0.1) is 0 Å². The maximum Gasteiger partial charge on any atom is 0.0979 e. The second kappa shape index (κ2) is 4.68. The lowest BCUT2D eigenvalue weighted by Crippen LogP contribution is -2.09. The summed E-state index contributed by atoms with van der Waals surface area (Å²) < 4.78 is 4.84. The summed E-state index contributed by atoms with van der Waals surface area (Å²) in [6, 6.07) is 3.78. The van der Waals surface area contributed by atoms with Gasteiger partial charge in [-0.1, -0.05) is 13.3 Å². The first kappa shape index (κ1) is 9.82. The molecule has 3 heteroatoms. The summed E-state index contributed by atoms with van der Waals surface area (Å²) in [6.07, 6.45) is 3.86. The lowest BCUT2D eigenvalue weighted by Gasteiger charge is -2.13. The molecule has 0 saturated heterocycles. The first-order valence-corrected chi connectivity index (χ1v) is 4.39. The van der Waals surface area contributed by atoms with E-state index in [1.807, 2.05) is 6.92 Å². The van der Waals surface area contributed by atoms with Gasteiger partial charge in [-0.3, -0.25) is 0 Å². The molecule has 0 fully saturated rings. The molecule has 2 atom stereocenters. The quantitative estimate of drug-likeness (QED) is 0.771. The summed E-state index contributed by atoms with van der Waals surface area (Å²) in [5, 5.41) is 18.5. The van der Waals surface area contributed by atoms with Crippen LogP contribution >= 0.6 is 0 Å². The highest BCUT2D eigenvalue weighted by molar-refractivity contribution is 5.12. The summed E-state index contributed by atoms with van der Waals surface area (Å²) in [5.74, 6) is -0.331. The highest BCUT2D eigenvalue weighted by Gasteiger charge is 2.20. The van der Waals surface area contributed by atoms with Gasteiger partial charge in [-0.05, 0) is 12.5 Å². The molecule has 2 unspecified atom stereocenters. The molecule has 1 aromatic heterocycles. The molecule has 1 N–H and O–H groups in total. The van der Waals surface area contributed by atoms with Crippen LogP contribution < -0.4 is 0 Å². The van der Waals surface area contributed by atoms with Gasteiger partial charge < -0.3 is 9.52 Å². The summed E-state index contributed by atoms with van der Waals surface area (Å²) in [6.45, 7) is 1.99. The van der Waals surface area contributed by atoms with Crippen LogP contribution in [0.1, 0.15) is 31.4 Å². The number of nitriles is 1. The Morgan fingerprint density at radius 2 is 2.46 bits per heavy atom. The van der Waals surface area contributed by atoms with Crippen LogP contribution in [0.15, 0.2) is 23.0 Å². The van der Waals surface area contributed by atoms with Crippen LogP contribution in [-0.4, -0.2) is 5.11 Å². The summed E-state index contributed by atoms with van der Waals surface area (Å²) >= 11 is 0. The number of aliphatic hydroxyl groups excluding tert-OH is 1. The lowest BCUT2D eigenvalue weighted by molar-refractivity contribution is 0.129. The van der Waals surface area contributed by atoms with Crippen molar-refractivity contribution >= 4 is 0 Å². The second-order valence-electron chi connectivity index (χ2n) is 3.03. The molecule has 0 aromatic carbocycles. The molecule has 70 valence electrons. The van der Waals surface area contributed by atoms with E-state index in [1.165, 1.54) is 12.5 Å². The minimum atomic E-state index is -0.719. The van der Waals surface area contributed by atoms with Crippen LogP contribution in [0, 0.1) is 17.2 Å². The standard InChI is InChI=1S/C10H13NO2/c1-2-3-8(6-11)10(12)9-4-5-13-7-9/h4-5,7-8,10,12H,2-3H2,1H3. The summed E-state index contributed by atoms with van der Waals surface area (Å²) in [4.78, 5) is 0. The molecule has 0 radical (unpaired) electrons. The molecule has 0 aliphatic rings. The number of furan rings is 1. The van der Waals surface area contributed by atoms with E-state index in [1.54, 1.807) is 6.07 Å². The van der Waals surface area contributed by atoms with Gasteiger partial charge in [0.1, 0.15) is 0 Å². The van der Waals surface area contributed by atoms with E-state index in [0.29, 0.717) is 12.0 Å². The van der Waals surface area contributed by atoms with Crippen LogP contribution in [0.5, 0.6) is 0 Å². The minimum absolute atomic E-state index is 0.331. The van der Waals surface area contributed by atoms with Crippen molar-refractivity contribution in [3.8, 4) is 6.07 Å². The maximum absolute atomic E-state index is 9.72. The molecule has 0 aliphatic carbocycles. The van der Waals surface area contributed by atoms with Crippen molar-refractivity contribution in [2.24, 2.45) is 5.92 Å². The molecular formula is C10H13NO2. The first-order chi connectivity index (χ1) is 6.29. The third-order valence-electron chi connectivity index (χ3n) is 2.03. The molecule has 0 aliphatic heterocycles. The number of rotatable bonds is 4. The minimum Gasteiger partial charge on any atom is -0.472 e. The van der Waals surface area contributed by atoms with E-state index < -0.39 is 6.10 Å². The fourth-order valence-electron chi connectivity index (χ4n) is 1.28. The van der Waals surface area contributed by atoms with Crippen LogP contribution in [0.3, 0.4) is 0 Å². The summed E-state index contributed by atoms with van der Waals surface area (Å²) in [7, 11) is 0. The Hall–Kier alpha value is -1.27. The average molecular weight is 179 g/mol. The Morgan fingerprint density at radius 3 is 2.92 bits per heavy atom. The fourth-order valence-corrected chi connectivity index (χ4v) is 1.28. The Labute approximate surface area is 77.6 Å². The predicted molar refractivity (Wildman–Crippen MR) is 47.7 cm³/mol. The van der Waals surface area contributed by atoms with E-state index in [9.17, 15) is 5.11 Å². The molecule has 0 spiro atoms. The smallest absolute Gasteiger partial charge is 0.0979 e. The average Bonchev–Trinajstić information content (AvgIpc) is 2.65. The largest absolute Gasteiger partial charge is 0.472 e. The van der Waals surface area contributed by atoms with Crippen molar-refractivity contribution in [1.82, 2.24) is 0 Å². The van der Waals surface area contributed by atoms with Gasteiger partial charge in [0.05, 0.1) is 30.6 Å². The van der Waals surface area contributed by atoms with Crippen LogP contribution in [0.4, 0.5) is 0 Å². The second-order valence-corrected chi connectivity index (χ2v) is 3.03. The molecule has 13 heavy (non-hydrogen) atoms. The van der Waals surface area contributed by atoms with E-state index in [4.69, 9.17) is 9.68 Å². The monoisotopic (exact) mass is 179 g/mol. The van der Waals surface area contributed by atoms with Crippen molar-refractivity contribution in [1.29, 1.82) is 5.26 Å². The Balaban J connectivity index is 2.66. The SMILES string of the molecule is CCCC(C#N)C(O)c1ccoc1. The van der Waals surface area contributed by atoms with Gasteiger partial charge in [-0.2, -0.15) is 5.26 Å². The van der Waals surface area contributed by atoms with Crippen LogP contribution in [0.25, 0.3) is 0 Å². The van der Waals surface area contributed by atoms with Crippen molar-refractivity contribution < 1.29 is 9.52 Å². The van der Waals surface area contributed by atoms with Crippen molar-refractivity contribution in [3.63, 3.8) is 0 Å². The number of nitrogens with zero attached hydrogens (tertiary/aromatic N) is 1. The zero-order valence-corrected chi connectivity index (χ0v) is 7.60. The molecule has 1 aromatic rings. The number of hydrogen-bond acceptors (Lipinski definition) is 3. The third-order valence-corrected chi connectivity index (χ3v) is 2.03. The van der Waals surface area contributed by atoms with Crippen molar-refractivity contribution in [3.05, 3.63) is 24.2 Å². The normalized spacial score (nSPS) is 14.8. The number of hydrogen-bond donors (Lipinski definition) is 1. The fraction of sp³-hybridized carbons (Fsp3) is 0.500. The zero-order valence-electron chi connectivity index (χ0n) is 7.60. The topological polar surface area (TPSA) is 57.2 Å². The maximum atomic E-state index is 9.72. The molecule has 1 rings (SSSR count). The molecule has 3 nitrogen and oxygen atoms in total.